The highest BCUT2D eigenvalue weighted by Crippen LogP contribution is 2.26. The van der Waals surface area contributed by atoms with E-state index in [1.165, 1.54) is 102 Å². The molecule has 0 aromatic carbocycles. The van der Waals surface area contributed by atoms with Crippen LogP contribution in [0.5, 0.6) is 0 Å². The number of nitrogens with zero attached hydrogens (tertiary/aromatic N) is 7. The van der Waals surface area contributed by atoms with Crippen LogP contribution < -0.4 is 26.6 Å². The molecule has 0 bridgehead atoms. The molecule has 0 aromatic rings. The first-order valence-corrected chi connectivity index (χ1v) is 33.5. The minimum Gasteiger partial charge on any atom is -0.390 e. The molecule has 13 unspecified atom stereocenters. The van der Waals surface area contributed by atoms with E-state index < -0.39 is 155 Å². The average molecular weight is 1300 g/mol. The van der Waals surface area contributed by atoms with E-state index in [9.17, 15) is 43.5 Å². The van der Waals surface area contributed by atoms with Gasteiger partial charge in [-0.15, -0.1) is 0 Å². The van der Waals surface area contributed by atoms with E-state index in [1.807, 2.05) is 55.4 Å². The summed E-state index contributed by atoms with van der Waals surface area (Å²) in [6, 6.07) is -13.8. The van der Waals surface area contributed by atoms with Gasteiger partial charge in [0.05, 0.1) is 6.10 Å². The molecule has 6 N–H and O–H groups in total. The number of aliphatic hydroxyl groups is 1. The van der Waals surface area contributed by atoms with Gasteiger partial charge in [0.25, 0.3) is 0 Å². The number of rotatable bonds is 20. The maximum Gasteiger partial charge on any atom is 0.246 e. The van der Waals surface area contributed by atoms with Crippen molar-refractivity contribution in [2.75, 3.05) is 55.9 Å². The summed E-state index contributed by atoms with van der Waals surface area (Å²) in [6.45, 7) is 31.5. The Balaban J connectivity index is 4.36. The van der Waals surface area contributed by atoms with Gasteiger partial charge in [-0.3, -0.25) is 57.5 Å². The minimum absolute atomic E-state index is 0.00167. The molecule has 25 nitrogen and oxygen atoms in total. The molecule has 1 fully saturated rings. The number of hydrogen-bond acceptors (Lipinski definition) is 13. The Morgan fingerprint density at radius 1 is 0.435 bits per heavy atom. The Labute approximate surface area is 551 Å². The number of unbranched alkanes of at least 4 members (excludes halogenated alkanes) is 3. The number of nitrogens with one attached hydrogen (secondary N) is 5. The third-order valence-corrected chi connectivity index (χ3v) is 17.8. The second-order valence-corrected chi connectivity index (χ2v) is 28.3. The predicted molar refractivity (Wildman–Crippen MR) is 355 cm³/mol. The van der Waals surface area contributed by atoms with Crippen LogP contribution in [0.25, 0.3) is 0 Å². The topological polar surface area (TPSA) is 308 Å². The SMILES string of the molecule is CCC1NC(=O)C(C(O)C(C)CCCCCCNC(C)=O)N(C)C(=O)C(C(C)C)N(C)C(=O)C(CC(C)C)N(C)C(=O)C(CC(C)C)N(C)C(=O)C(C)NC(=O)C(C)NC(=O)C(CC(C)C)N(C)C(=O)C(C(C)C)NC(=O)C(CC(C)C)N(C)C(=O)C(C)N(C)C1=O. The van der Waals surface area contributed by atoms with Crippen LogP contribution in [0.4, 0.5) is 0 Å². The zero-order valence-electron chi connectivity index (χ0n) is 60.7. The molecule has 1 heterocycles. The second-order valence-electron chi connectivity index (χ2n) is 28.3. The number of hydrogen-bond donors (Lipinski definition) is 6. The lowest BCUT2D eigenvalue weighted by Crippen LogP contribution is -2.64. The van der Waals surface area contributed by atoms with Crippen LogP contribution in [-0.4, -0.2) is 239 Å². The summed E-state index contributed by atoms with van der Waals surface area (Å²) < 4.78 is 0. The Morgan fingerprint density at radius 2 is 0.848 bits per heavy atom. The van der Waals surface area contributed by atoms with Crippen molar-refractivity contribution in [1.82, 2.24) is 60.9 Å². The van der Waals surface area contributed by atoms with Gasteiger partial charge in [0, 0.05) is 62.8 Å². The predicted octanol–water partition coefficient (Wildman–Crippen LogP) is 3.78. The number of carbonyl (C=O) groups is 12. The molecule has 13 atom stereocenters. The molecular weight excluding hydrogens is 1180 g/mol. The molecule has 0 aromatic heterocycles. The van der Waals surface area contributed by atoms with Crippen molar-refractivity contribution in [1.29, 1.82) is 0 Å². The highest BCUT2D eigenvalue weighted by Gasteiger charge is 2.46. The van der Waals surface area contributed by atoms with Crippen LogP contribution in [0, 0.1) is 41.4 Å². The van der Waals surface area contributed by atoms with Gasteiger partial charge in [-0.2, -0.15) is 0 Å². The minimum atomic E-state index is -1.64. The second kappa shape index (κ2) is 38.7. The van der Waals surface area contributed by atoms with E-state index in [0.29, 0.717) is 19.4 Å². The molecular formula is C67H122N12O13. The fourth-order valence-electron chi connectivity index (χ4n) is 11.8. The third kappa shape index (κ3) is 24.2. The maximum atomic E-state index is 15.4. The molecule has 1 aliphatic rings. The fourth-order valence-corrected chi connectivity index (χ4v) is 11.8. The molecule has 1 saturated heterocycles. The van der Waals surface area contributed by atoms with Crippen molar-refractivity contribution in [3.63, 3.8) is 0 Å². The first-order valence-electron chi connectivity index (χ1n) is 33.5. The molecule has 1 aliphatic heterocycles. The number of amides is 12. The van der Waals surface area contributed by atoms with Gasteiger partial charge in [-0.25, -0.2) is 0 Å². The van der Waals surface area contributed by atoms with Crippen LogP contribution in [0.1, 0.15) is 189 Å². The molecule has 528 valence electrons. The summed E-state index contributed by atoms with van der Waals surface area (Å²) in [4.78, 5) is 182. The average Bonchev–Trinajstić information content (AvgIpc) is 0.815. The quantitative estimate of drug-likeness (QED) is 0.0948. The lowest BCUT2D eigenvalue weighted by Gasteiger charge is -2.41. The molecule has 25 heteroatoms. The van der Waals surface area contributed by atoms with Gasteiger partial charge in [-0.05, 0) is 107 Å². The summed E-state index contributed by atoms with van der Waals surface area (Å²) in [6.07, 6.45) is 2.36. The van der Waals surface area contributed by atoms with Crippen molar-refractivity contribution in [2.24, 2.45) is 41.4 Å². The standard InChI is InChI=1S/C67H122N12O13/c1-26-48-63(88)73(19)46(17)62(87)74(20)50(34-38(4)5)59(84)72-53(41(10)11)66(91)75(21)49(33-37(2)3)58(83)69-44(15)57(82)70-45(16)61(86)76(22)51(35-39(6)7)64(89)77(23)52(36-40(8)9)65(90)78(24)54(42(12)13)67(92)79(25)55(60(85)71-48)56(81)43(14)31-29-27-28-30-32-68-47(18)80/h37-46,48-56,81H,26-36H2,1-25H3,(H,68,80)(H,69,83)(H,70,82)(H,71,85)(H,72,84). The lowest BCUT2D eigenvalue weighted by atomic mass is 9.90. The van der Waals surface area contributed by atoms with Crippen LogP contribution in [0.3, 0.4) is 0 Å². The van der Waals surface area contributed by atoms with Gasteiger partial charge in [0.1, 0.15) is 66.5 Å². The van der Waals surface area contributed by atoms with E-state index in [1.54, 1.807) is 41.5 Å². The van der Waals surface area contributed by atoms with Gasteiger partial charge < -0.3 is 66.0 Å². The van der Waals surface area contributed by atoms with Gasteiger partial charge in [0.2, 0.25) is 70.9 Å². The number of aliphatic hydroxyl groups excluding tert-OH is 1. The maximum absolute atomic E-state index is 15.4. The normalized spacial score (nSPS) is 26.4. The van der Waals surface area contributed by atoms with E-state index in [0.717, 1.165) is 29.1 Å². The highest BCUT2D eigenvalue weighted by molar-refractivity contribution is 6.00. The smallest absolute Gasteiger partial charge is 0.246 e. The van der Waals surface area contributed by atoms with Crippen LogP contribution in [0.2, 0.25) is 0 Å². The van der Waals surface area contributed by atoms with Crippen molar-refractivity contribution >= 4 is 70.9 Å². The third-order valence-electron chi connectivity index (χ3n) is 17.8. The zero-order chi connectivity index (χ0) is 71.3. The Kier molecular flexibility index (Phi) is 35.2. The van der Waals surface area contributed by atoms with E-state index in [2.05, 4.69) is 26.6 Å². The van der Waals surface area contributed by atoms with Crippen molar-refractivity contribution in [3.8, 4) is 0 Å². The molecule has 0 saturated carbocycles. The van der Waals surface area contributed by atoms with E-state index in [4.69, 9.17) is 0 Å². The number of likely N-dealkylation sites (N-methyl/N-ethyl adjacent to an activating group) is 7. The van der Waals surface area contributed by atoms with Crippen LogP contribution in [0.15, 0.2) is 0 Å². The largest absolute Gasteiger partial charge is 0.390 e. The fraction of sp³-hybridized carbons (Fsp3) is 0.821. The van der Waals surface area contributed by atoms with Crippen LogP contribution in [-0.2, 0) is 57.5 Å². The van der Waals surface area contributed by atoms with E-state index in [-0.39, 0.29) is 61.7 Å². The van der Waals surface area contributed by atoms with Crippen LogP contribution >= 0.6 is 0 Å². The molecule has 0 radical (unpaired) electrons. The van der Waals surface area contributed by atoms with Gasteiger partial charge in [-0.1, -0.05) is 116 Å². The summed E-state index contributed by atoms with van der Waals surface area (Å²) in [7, 11) is 9.95. The zero-order valence-corrected chi connectivity index (χ0v) is 60.7. The number of carbonyl (C=O) groups excluding carboxylic acids is 12. The molecule has 1 rings (SSSR count). The van der Waals surface area contributed by atoms with Crippen molar-refractivity contribution in [2.45, 2.75) is 261 Å². The molecule has 0 spiro atoms. The Hall–Kier alpha value is -6.40. The Morgan fingerprint density at radius 3 is 1.30 bits per heavy atom. The first kappa shape index (κ1) is 83.6. The summed E-state index contributed by atoms with van der Waals surface area (Å²) in [5.41, 5.74) is 0. The van der Waals surface area contributed by atoms with Crippen molar-refractivity contribution in [3.05, 3.63) is 0 Å². The van der Waals surface area contributed by atoms with Gasteiger partial charge >= 0.3 is 0 Å². The van der Waals surface area contributed by atoms with E-state index >= 15 is 19.2 Å². The van der Waals surface area contributed by atoms with Crippen molar-refractivity contribution < 1.29 is 62.6 Å². The highest BCUT2D eigenvalue weighted by atomic mass is 16.3. The molecule has 12 amide bonds. The molecule has 92 heavy (non-hydrogen) atoms. The summed E-state index contributed by atoms with van der Waals surface area (Å²) >= 11 is 0. The van der Waals surface area contributed by atoms with Gasteiger partial charge in [0.15, 0.2) is 0 Å². The Bertz CT molecular complexity index is 2490. The first-order chi connectivity index (χ1) is 42.5. The summed E-state index contributed by atoms with van der Waals surface area (Å²) in [5, 5.41) is 26.2. The lowest BCUT2D eigenvalue weighted by molar-refractivity contribution is -0.157. The monoisotopic (exact) mass is 1300 g/mol. The molecule has 0 aliphatic carbocycles. The summed E-state index contributed by atoms with van der Waals surface area (Å²) in [5.74, 6) is -10.0.